The summed E-state index contributed by atoms with van der Waals surface area (Å²) >= 11 is 0. The van der Waals surface area contributed by atoms with Crippen LogP contribution in [-0.2, 0) is 10.9 Å². The standard InChI is InChI=1S/C14H23S/c1-15-3-2-14(9-15)12-5-10-4-11(7-12)8-13(14)6-10/h10-13H,2-9H2,1H3/q+1. The summed E-state index contributed by atoms with van der Waals surface area (Å²) in [6.45, 7) is 0. The van der Waals surface area contributed by atoms with E-state index < -0.39 is 0 Å². The maximum absolute atomic E-state index is 2.53. The smallest absolute Gasteiger partial charge is 0.0475 e. The first-order valence-corrected chi connectivity index (χ1v) is 8.82. The molecule has 84 valence electrons. The van der Waals surface area contributed by atoms with E-state index in [9.17, 15) is 0 Å². The Hall–Kier alpha value is 0.350. The molecule has 0 aromatic carbocycles. The summed E-state index contributed by atoms with van der Waals surface area (Å²) in [7, 11) is 0.785. The summed E-state index contributed by atoms with van der Waals surface area (Å²) in [4.78, 5) is 0. The second-order valence-corrected chi connectivity index (χ2v) is 9.18. The maximum Gasteiger partial charge on any atom is 0.114 e. The first-order chi connectivity index (χ1) is 7.26. The van der Waals surface area contributed by atoms with E-state index in [4.69, 9.17) is 0 Å². The molecule has 1 atom stereocenters. The van der Waals surface area contributed by atoms with Crippen molar-refractivity contribution >= 4 is 10.9 Å². The van der Waals surface area contributed by atoms with Crippen molar-refractivity contribution in [3.8, 4) is 0 Å². The van der Waals surface area contributed by atoms with Crippen molar-refractivity contribution in [3.05, 3.63) is 0 Å². The molecule has 0 radical (unpaired) electrons. The van der Waals surface area contributed by atoms with Crippen LogP contribution < -0.4 is 0 Å². The van der Waals surface area contributed by atoms with E-state index >= 15 is 0 Å². The molecule has 0 amide bonds. The predicted molar refractivity (Wildman–Crippen MR) is 67.1 cm³/mol. The molecule has 0 nitrogen and oxygen atoms in total. The minimum absolute atomic E-state index is 0.785. The van der Waals surface area contributed by atoms with Crippen molar-refractivity contribution in [1.82, 2.24) is 0 Å². The molecule has 0 aromatic rings. The van der Waals surface area contributed by atoms with Crippen LogP contribution in [0.1, 0.15) is 38.5 Å². The summed E-state index contributed by atoms with van der Waals surface area (Å²) in [5.74, 6) is 7.87. The van der Waals surface area contributed by atoms with Crippen LogP contribution in [0.3, 0.4) is 0 Å². The number of hydrogen-bond donors (Lipinski definition) is 0. The monoisotopic (exact) mass is 223 g/mol. The zero-order valence-corrected chi connectivity index (χ0v) is 10.7. The summed E-state index contributed by atoms with van der Waals surface area (Å²) in [5, 5.41) is 0. The second kappa shape index (κ2) is 2.97. The van der Waals surface area contributed by atoms with Gasteiger partial charge in [0.2, 0.25) is 0 Å². The second-order valence-electron chi connectivity index (χ2n) is 6.92. The van der Waals surface area contributed by atoms with Gasteiger partial charge in [0.1, 0.15) is 11.5 Å². The third-order valence-corrected chi connectivity index (χ3v) is 8.13. The molecule has 1 aliphatic heterocycles. The molecule has 1 heterocycles. The largest absolute Gasteiger partial charge is 0.114 e. The Labute approximate surface area is 96.6 Å². The fourth-order valence-corrected chi connectivity index (χ4v) is 8.14. The van der Waals surface area contributed by atoms with Crippen molar-refractivity contribution in [2.24, 2.45) is 29.1 Å². The fraction of sp³-hybridized carbons (Fsp3) is 1.00. The first kappa shape index (κ1) is 9.39. The van der Waals surface area contributed by atoms with Gasteiger partial charge in [-0.3, -0.25) is 0 Å². The van der Waals surface area contributed by atoms with Gasteiger partial charge in [0, 0.05) is 11.8 Å². The Kier molecular flexibility index (Phi) is 1.86. The number of rotatable bonds is 0. The molecule has 4 aliphatic carbocycles. The van der Waals surface area contributed by atoms with Gasteiger partial charge < -0.3 is 0 Å². The molecule has 5 fully saturated rings. The van der Waals surface area contributed by atoms with E-state index in [1.807, 2.05) is 0 Å². The highest BCUT2D eigenvalue weighted by atomic mass is 32.2. The fourth-order valence-electron chi connectivity index (χ4n) is 5.73. The van der Waals surface area contributed by atoms with E-state index in [1.165, 1.54) is 11.8 Å². The van der Waals surface area contributed by atoms with E-state index in [0.29, 0.717) is 0 Å². The number of hydrogen-bond acceptors (Lipinski definition) is 0. The van der Waals surface area contributed by atoms with Gasteiger partial charge in [-0.05, 0) is 66.7 Å². The van der Waals surface area contributed by atoms with Crippen LogP contribution in [0.2, 0.25) is 0 Å². The van der Waals surface area contributed by atoms with Crippen LogP contribution in [0.4, 0.5) is 0 Å². The van der Waals surface area contributed by atoms with Crippen LogP contribution in [0.15, 0.2) is 0 Å². The van der Waals surface area contributed by atoms with E-state index in [-0.39, 0.29) is 0 Å². The Bertz CT molecular complexity index is 255. The zero-order valence-electron chi connectivity index (χ0n) is 9.87. The van der Waals surface area contributed by atoms with Gasteiger partial charge in [-0.2, -0.15) is 0 Å². The predicted octanol–water partition coefficient (Wildman–Crippen LogP) is 3.08. The van der Waals surface area contributed by atoms with Crippen molar-refractivity contribution in [3.63, 3.8) is 0 Å². The lowest BCUT2D eigenvalue weighted by Gasteiger charge is -2.59. The molecule has 0 aromatic heterocycles. The van der Waals surface area contributed by atoms with E-state index in [0.717, 1.165) is 28.1 Å². The normalized spacial score (nSPS) is 61.8. The minimum atomic E-state index is 0.785. The average molecular weight is 223 g/mol. The molecule has 1 saturated heterocycles. The molecule has 0 N–H and O–H groups in total. The SMILES string of the molecule is C[S+]1CCC2(C1)C1CC3CC(C1)CC2C3. The zero-order chi connectivity index (χ0) is 10.0. The molecule has 15 heavy (non-hydrogen) atoms. The molecule has 4 saturated carbocycles. The van der Waals surface area contributed by atoms with Gasteiger partial charge in [-0.25, -0.2) is 0 Å². The molecule has 5 rings (SSSR count). The van der Waals surface area contributed by atoms with Gasteiger partial charge in [0.05, 0.1) is 6.26 Å². The third-order valence-electron chi connectivity index (χ3n) is 6.20. The van der Waals surface area contributed by atoms with Crippen LogP contribution in [-0.4, -0.2) is 17.8 Å². The van der Waals surface area contributed by atoms with Gasteiger partial charge in [0.25, 0.3) is 0 Å². The van der Waals surface area contributed by atoms with Gasteiger partial charge in [-0.1, -0.05) is 0 Å². The summed E-state index contributed by atoms with van der Waals surface area (Å²) < 4.78 is 0. The Morgan fingerprint density at radius 1 is 0.933 bits per heavy atom. The maximum atomic E-state index is 2.53. The molecule has 1 heteroatoms. The van der Waals surface area contributed by atoms with Crippen molar-refractivity contribution in [2.45, 2.75) is 38.5 Å². The first-order valence-electron chi connectivity index (χ1n) is 6.85. The van der Waals surface area contributed by atoms with Gasteiger partial charge in [-0.15, -0.1) is 0 Å². The van der Waals surface area contributed by atoms with Crippen LogP contribution in [0.5, 0.6) is 0 Å². The van der Waals surface area contributed by atoms with E-state index in [1.54, 1.807) is 50.0 Å². The Morgan fingerprint density at radius 3 is 2.00 bits per heavy atom. The van der Waals surface area contributed by atoms with E-state index in [2.05, 4.69) is 6.26 Å². The minimum Gasteiger partial charge on any atom is -0.0475 e. The molecule has 1 spiro atoms. The summed E-state index contributed by atoms with van der Waals surface area (Å²) in [5.41, 5.74) is 0.880. The highest BCUT2D eigenvalue weighted by Crippen LogP contribution is 2.65. The highest BCUT2D eigenvalue weighted by molar-refractivity contribution is 7.96. The molecule has 1 unspecified atom stereocenters. The quantitative estimate of drug-likeness (QED) is 0.554. The Balaban J connectivity index is 1.70. The lowest BCUT2D eigenvalue weighted by atomic mass is 9.45. The summed E-state index contributed by atoms with van der Waals surface area (Å²) in [6.07, 6.45) is 12.3. The van der Waals surface area contributed by atoms with Crippen molar-refractivity contribution in [1.29, 1.82) is 0 Å². The summed E-state index contributed by atoms with van der Waals surface area (Å²) in [6, 6.07) is 0. The molecule has 4 bridgehead atoms. The topological polar surface area (TPSA) is 0 Å². The van der Waals surface area contributed by atoms with Gasteiger partial charge in [0.15, 0.2) is 0 Å². The molecular weight excluding hydrogens is 200 g/mol. The molecular formula is C14H23S+. The van der Waals surface area contributed by atoms with Crippen molar-refractivity contribution in [2.75, 3.05) is 17.8 Å². The third kappa shape index (κ3) is 1.16. The van der Waals surface area contributed by atoms with Crippen LogP contribution >= 0.6 is 0 Å². The van der Waals surface area contributed by atoms with Crippen molar-refractivity contribution < 1.29 is 0 Å². The average Bonchev–Trinajstić information content (AvgIpc) is 2.57. The van der Waals surface area contributed by atoms with Crippen LogP contribution in [0.25, 0.3) is 0 Å². The van der Waals surface area contributed by atoms with Crippen LogP contribution in [0, 0.1) is 29.1 Å². The lowest BCUT2D eigenvalue weighted by Crippen LogP contribution is -2.53. The lowest BCUT2D eigenvalue weighted by molar-refractivity contribution is -0.0935. The molecule has 5 aliphatic rings. The Morgan fingerprint density at radius 2 is 1.53 bits per heavy atom. The van der Waals surface area contributed by atoms with Gasteiger partial charge >= 0.3 is 0 Å². The highest BCUT2D eigenvalue weighted by Gasteiger charge is 2.61.